The van der Waals surface area contributed by atoms with Gasteiger partial charge in [0.2, 0.25) is 0 Å². The number of ether oxygens (including phenoxy) is 1. The van der Waals surface area contributed by atoms with Gasteiger partial charge in [0.15, 0.2) is 0 Å². The van der Waals surface area contributed by atoms with Gasteiger partial charge in [0, 0.05) is 13.1 Å². The van der Waals surface area contributed by atoms with E-state index in [0.717, 1.165) is 19.7 Å². The van der Waals surface area contributed by atoms with Gasteiger partial charge >= 0.3 is 0 Å². The lowest BCUT2D eigenvalue weighted by Gasteiger charge is -2.39. The molecule has 3 heteroatoms. The quantitative estimate of drug-likeness (QED) is 0.830. The Bertz CT molecular complexity index is 313. The Hall–Kier alpha value is -0.900. The Kier molecular flexibility index (Phi) is 3.93. The van der Waals surface area contributed by atoms with Gasteiger partial charge < -0.3 is 10.1 Å². The molecule has 1 aromatic rings. The van der Waals surface area contributed by atoms with Crippen molar-refractivity contribution in [1.29, 1.82) is 0 Å². The van der Waals surface area contributed by atoms with Crippen LogP contribution in [0.5, 0.6) is 0 Å². The van der Waals surface area contributed by atoms with Crippen LogP contribution in [0, 0.1) is 0 Å². The van der Waals surface area contributed by atoms with Crippen LogP contribution in [-0.2, 0) is 4.74 Å². The van der Waals surface area contributed by atoms with Gasteiger partial charge in [-0.25, -0.2) is 0 Å². The van der Waals surface area contributed by atoms with E-state index in [1.807, 2.05) is 7.05 Å². The van der Waals surface area contributed by atoms with Gasteiger partial charge in [-0.05, 0) is 19.7 Å². The molecule has 0 radical (unpaired) electrons. The monoisotopic (exact) mass is 220 g/mol. The molecular formula is C13H20N2O. The molecule has 0 aromatic heterocycles. The number of likely N-dealkylation sites (N-methyl/N-ethyl adjacent to an activating group) is 2. The van der Waals surface area contributed by atoms with Gasteiger partial charge in [-0.3, -0.25) is 4.90 Å². The summed E-state index contributed by atoms with van der Waals surface area (Å²) in [6.45, 7) is 2.72. The number of nitrogens with zero attached hydrogens (tertiary/aromatic N) is 1. The Morgan fingerprint density at radius 3 is 2.81 bits per heavy atom. The van der Waals surface area contributed by atoms with Gasteiger partial charge in [0.05, 0.1) is 18.8 Å². The van der Waals surface area contributed by atoms with Crippen molar-refractivity contribution in [2.75, 3.05) is 33.8 Å². The molecule has 0 bridgehead atoms. The Morgan fingerprint density at radius 2 is 2.12 bits per heavy atom. The molecule has 0 unspecified atom stereocenters. The summed E-state index contributed by atoms with van der Waals surface area (Å²) in [6.07, 6.45) is 0.242. The topological polar surface area (TPSA) is 24.5 Å². The summed E-state index contributed by atoms with van der Waals surface area (Å²) in [6, 6.07) is 11.0. The Labute approximate surface area is 97.4 Å². The third-order valence-corrected chi connectivity index (χ3v) is 3.15. The van der Waals surface area contributed by atoms with E-state index < -0.39 is 0 Å². The van der Waals surface area contributed by atoms with Crippen LogP contribution >= 0.6 is 0 Å². The zero-order valence-corrected chi connectivity index (χ0v) is 10.0. The maximum Gasteiger partial charge on any atom is 0.0896 e. The number of hydrogen-bond acceptors (Lipinski definition) is 3. The highest BCUT2D eigenvalue weighted by atomic mass is 16.5. The average molecular weight is 220 g/mol. The van der Waals surface area contributed by atoms with Crippen LogP contribution in [0.3, 0.4) is 0 Å². The molecule has 1 N–H and O–H groups in total. The van der Waals surface area contributed by atoms with Crippen LogP contribution in [0.2, 0.25) is 0 Å². The number of benzene rings is 1. The lowest BCUT2D eigenvalue weighted by molar-refractivity contribution is -0.0606. The molecule has 1 aliphatic rings. The summed E-state index contributed by atoms with van der Waals surface area (Å²) in [7, 11) is 4.14. The van der Waals surface area contributed by atoms with Crippen LogP contribution in [0.15, 0.2) is 30.3 Å². The Balaban J connectivity index is 2.19. The maximum absolute atomic E-state index is 5.85. The fourth-order valence-corrected chi connectivity index (χ4v) is 2.35. The lowest BCUT2D eigenvalue weighted by Crippen LogP contribution is -2.46. The largest absolute Gasteiger partial charge is 0.374 e. The zero-order chi connectivity index (χ0) is 11.4. The minimum atomic E-state index is 0.242. The lowest BCUT2D eigenvalue weighted by atomic mass is 9.98. The molecule has 1 saturated heterocycles. The molecular weight excluding hydrogens is 200 g/mol. The molecule has 1 aromatic carbocycles. The van der Waals surface area contributed by atoms with E-state index in [9.17, 15) is 0 Å². The number of hydrogen-bond donors (Lipinski definition) is 1. The standard InChI is InChI=1S/C13H20N2O/c1-14-10-12-13(15(2)8-9-16-12)11-6-4-3-5-7-11/h3-7,12-14H,8-10H2,1-2H3/t12-,13+/m0/s1. The summed E-state index contributed by atoms with van der Waals surface area (Å²) in [5.74, 6) is 0. The Morgan fingerprint density at radius 1 is 1.38 bits per heavy atom. The highest BCUT2D eigenvalue weighted by Crippen LogP contribution is 2.27. The molecule has 3 nitrogen and oxygen atoms in total. The van der Waals surface area contributed by atoms with Gasteiger partial charge in [-0.15, -0.1) is 0 Å². The zero-order valence-electron chi connectivity index (χ0n) is 10.0. The molecule has 0 aliphatic carbocycles. The molecule has 2 rings (SSSR count). The first-order valence-electron chi connectivity index (χ1n) is 5.84. The van der Waals surface area contributed by atoms with E-state index in [0.29, 0.717) is 6.04 Å². The van der Waals surface area contributed by atoms with E-state index in [1.165, 1.54) is 5.56 Å². The molecule has 2 atom stereocenters. The van der Waals surface area contributed by atoms with Crippen molar-refractivity contribution in [1.82, 2.24) is 10.2 Å². The van der Waals surface area contributed by atoms with Gasteiger partial charge in [-0.2, -0.15) is 0 Å². The van der Waals surface area contributed by atoms with Crippen molar-refractivity contribution >= 4 is 0 Å². The molecule has 0 saturated carbocycles. The van der Waals surface area contributed by atoms with Crippen molar-refractivity contribution in [2.45, 2.75) is 12.1 Å². The predicted octanol–water partition coefficient (Wildman–Crippen LogP) is 1.28. The molecule has 0 amide bonds. The summed E-state index contributed by atoms with van der Waals surface area (Å²) in [5.41, 5.74) is 1.34. The van der Waals surface area contributed by atoms with E-state index in [-0.39, 0.29) is 6.10 Å². The molecule has 1 aliphatic heterocycles. The van der Waals surface area contributed by atoms with Crippen molar-refractivity contribution < 1.29 is 4.74 Å². The molecule has 16 heavy (non-hydrogen) atoms. The van der Waals surface area contributed by atoms with Crippen LogP contribution in [0.4, 0.5) is 0 Å². The fraction of sp³-hybridized carbons (Fsp3) is 0.538. The first kappa shape index (κ1) is 11.6. The minimum Gasteiger partial charge on any atom is -0.374 e. The van der Waals surface area contributed by atoms with Crippen molar-refractivity contribution in [2.24, 2.45) is 0 Å². The van der Waals surface area contributed by atoms with Crippen LogP contribution in [-0.4, -0.2) is 44.8 Å². The molecule has 1 fully saturated rings. The van der Waals surface area contributed by atoms with Crippen LogP contribution < -0.4 is 5.32 Å². The van der Waals surface area contributed by atoms with E-state index in [4.69, 9.17) is 4.74 Å². The average Bonchev–Trinajstić information content (AvgIpc) is 2.31. The molecule has 0 spiro atoms. The highest BCUT2D eigenvalue weighted by molar-refractivity contribution is 5.20. The SMILES string of the molecule is CNC[C@@H]1OCCN(C)[C@@H]1c1ccccc1. The fourth-order valence-electron chi connectivity index (χ4n) is 2.35. The number of rotatable bonds is 3. The maximum atomic E-state index is 5.85. The second kappa shape index (κ2) is 5.43. The normalized spacial score (nSPS) is 26.9. The van der Waals surface area contributed by atoms with E-state index in [2.05, 4.69) is 47.6 Å². The highest BCUT2D eigenvalue weighted by Gasteiger charge is 2.30. The van der Waals surface area contributed by atoms with Crippen LogP contribution in [0.1, 0.15) is 11.6 Å². The van der Waals surface area contributed by atoms with Crippen molar-refractivity contribution in [3.63, 3.8) is 0 Å². The smallest absolute Gasteiger partial charge is 0.0896 e. The van der Waals surface area contributed by atoms with Gasteiger partial charge in [-0.1, -0.05) is 30.3 Å². The van der Waals surface area contributed by atoms with E-state index in [1.54, 1.807) is 0 Å². The van der Waals surface area contributed by atoms with Crippen molar-refractivity contribution in [3.05, 3.63) is 35.9 Å². The summed E-state index contributed by atoms with van der Waals surface area (Å²) >= 11 is 0. The van der Waals surface area contributed by atoms with E-state index >= 15 is 0 Å². The first-order valence-corrected chi connectivity index (χ1v) is 5.84. The molecule has 1 heterocycles. The summed E-state index contributed by atoms with van der Waals surface area (Å²) in [5, 5.41) is 3.21. The van der Waals surface area contributed by atoms with Gasteiger partial charge in [0.25, 0.3) is 0 Å². The van der Waals surface area contributed by atoms with Crippen molar-refractivity contribution in [3.8, 4) is 0 Å². The first-order chi connectivity index (χ1) is 7.83. The third-order valence-electron chi connectivity index (χ3n) is 3.15. The summed E-state index contributed by atoms with van der Waals surface area (Å²) < 4.78 is 5.85. The second-order valence-electron chi connectivity index (χ2n) is 4.30. The van der Waals surface area contributed by atoms with Gasteiger partial charge in [0.1, 0.15) is 0 Å². The number of morpholine rings is 1. The third kappa shape index (κ3) is 2.43. The minimum absolute atomic E-state index is 0.242. The predicted molar refractivity (Wildman–Crippen MR) is 65.5 cm³/mol. The second-order valence-corrected chi connectivity index (χ2v) is 4.30. The van der Waals surface area contributed by atoms with Crippen LogP contribution in [0.25, 0.3) is 0 Å². The number of nitrogens with one attached hydrogen (secondary N) is 1. The molecule has 88 valence electrons. The summed E-state index contributed by atoms with van der Waals surface area (Å²) in [4.78, 5) is 2.38.